The van der Waals surface area contributed by atoms with Gasteiger partial charge in [0, 0.05) is 6.54 Å². The fraction of sp³-hybridized carbons (Fsp3) is 0.786. The molecule has 2 aliphatic rings. The van der Waals surface area contributed by atoms with Crippen molar-refractivity contribution in [3.05, 3.63) is 0 Å². The fourth-order valence-electron chi connectivity index (χ4n) is 3.11. The first-order valence-corrected chi connectivity index (χ1v) is 7.04. The third kappa shape index (κ3) is 2.22. The Morgan fingerprint density at radius 1 is 1.25 bits per heavy atom. The van der Waals surface area contributed by atoms with Crippen molar-refractivity contribution in [1.29, 1.82) is 0 Å². The number of unbranched alkanes of at least 4 members (excludes halogenated alkanes) is 1. The topological polar surface area (TPSA) is 106 Å². The van der Waals surface area contributed by atoms with Crippen LogP contribution in [0.3, 0.4) is 0 Å². The van der Waals surface area contributed by atoms with Gasteiger partial charge in [-0.1, -0.05) is 13.8 Å². The van der Waals surface area contributed by atoms with Gasteiger partial charge in [0.2, 0.25) is 17.7 Å². The van der Waals surface area contributed by atoms with Crippen LogP contribution in [0.4, 0.5) is 0 Å². The minimum absolute atomic E-state index is 0.0459. The highest BCUT2D eigenvalue weighted by atomic mass is 16.2. The van der Waals surface area contributed by atoms with Gasteiger partial charge < -0.3 is 11.5 Å². The summed E-state index contributed by atoms with van der Waals surface area (Å²) >= 11 is 0. The van der Waals surface area contributed by atoms with E-state index >= 15 is 0 Å². The summed E-state index contributed by atoms with van der Waals surface area (Å²) in [6.45, 7) is 5.93. The number of hydrogen-bond donors (Lipinski definition) is 2. The number of amides is 3. The molecule has 2 fully saturated rings. The molecule has 1 heterocycles. The van der Waals surface area contributed by atoms with Gasteiger partial charge >= 0.3 is 0 Å². The Bertz CT molecular complexity index is 446. The maximum atomic E-state index is 12.1. The Labute approximate surface area is 118 Å². The molecule has 6 heteroatoms. The van der Waals surface area contributed by atoms with E-state index in [1.165, 1.54) is 4.90 Å². The Morgan fingerprint density at radius 2 is 1.75 bits per heavy atom. The van der Waals surface area contributed by atoms with Crippen molar-refractivity contribution in [2.24, 2.45) is 28.7 Å². The molecule has 1 aliphatic heterocycles. The van der Waals surface area contributed by atoms with Crippen molar-refractivity contribution < 1.29 is 14.4 Å². The van der Waals surface area contributed by atoms with E-state index in [1.54, 1.807) is 6.92 Å². The zero-order valence-electron chi connectivity index (χ0n) is 12.3. The molecule has 1 saturated carbocycles. The maximum absolute atomic E-state index is 12.1. The number of imide groups is 1. The predicted octanol–water partition coefficient (Wildman–Crippen LogP) is 0.000400. The number of nitrogens with two attached hydrogens (primary N) is 2. The molecule has 0 spiro atoms. The summed E-state index contributed by atoms with van der Waals surface area (Å²) in [7, 11) is 0. The van der Waals surface area contributed by atoms with Crippen molar-refractivity contribution in [1.82, 2.24) is 4.90 Å². The van der Waals surface area contributed by atoms with Crippen LogP contribution in [-0.4, -0.2) is 34.7 Å². The van der Waals surface area contributed by atoms with Gasteiger partial charge in [-0.3, -0.25) is 19.3 Å². The second kappa shape index (κ2) is 4.55. The first-order chi connectivity index (χ1) is 9.10. The molecule has 0 aromatic rings. The zero-order chi connectivity index (χ0) is 15.3. The number of primary amides is 1. The highest BCUT2D eigenvalue weighted by Crippen LogP contribution is 2.63. The number of carbonyl (C=O) groups excluding carboxylic acids is 3. The molecule has 4 N–H and O–H groups in total. The van der Waals surface area contributed by atoms with E-state index < -0.39 is 11.4 Å². The summed E-state index contributed by atoms with van der Waals surface area (Å²) in [6, 6.07) is 0. The Morgan fingerprint density at radius 3 is 2.20 bits per heavy atom. The molecule has 1 aliphatic carbocycles. The lowest BCUT2D eigenvalue weighted by molar-refractivity contribution is -0.143. The molecule has 0 aromatic carbocycles. The van der Waals surface area contributed by atoms with Crippen molar-refractivity contribution in [2.45, 2.75) is 45.6 Å². The Balaban J connectivity index is 1.79. The SMILES string of the molecule is CC(N)(CCCCN1C(=O)C2C(C1=O)C2(C)C)C(N)=O. The van der Waals surface area contributed by atoms with E-state index in [0.717, 1.165) is 0 Å². The van der Waals surface area contributed by atoms with Crippen LogP contribution in [0, 0.1) is 17.3 Å². The lowest BCUT2D eigenvalue weighted by Gasteiger charge is -2.22. The van der Waals surface area contributed by atoms with E-state index in [1.807, 2.05) is 13.8 Å². The molecule has 2 rings (SSSR count). The van der Waals surface area contributed by atoms with E-state index in [4.69, 9.17) is 11.5 Å². The standard InChI is InChI=1S/C14H23N3O3/c1-13(2)8-9(13)11(19)17(10(8)18)7-5-4-6-14(3,16)12(15)20/h8-9H,4-7,16H2,1-3H3,(H2,15,20). The van der Waals surface area contributed by atoms with Crippen LogP contribution in [0.5, 0.6) is 0 Å². The van der Waals surface area contributed by atoms with Gasteiger partial charge in [0.1, 0.15) is 0 Å². The molecule has 1 saturated heterocycles. The van der Waals surface area contributed by atoms with Gasteiger partial charge in [-0.2, -0.15) is 0 Å². The molecule has 3 atom stereocenters. The van der Waals surface area contributed by atoms with Crippen LogP contribution in [0.1, 0.15) is 40.0 Å². The second-order valence-electron chi connectivity index (χ2n) is 6.84. The van der Waals surface area contributed by atoms with E-state index in [-0.39, 0.29) is 29.1 Å². The van der Waals surface area contributed by atoms with Gasteiger partial charge in [0.25, 0.3) is 0 Å². The smallest absolute Gasteiger partial charge is 0.237 e. The summed E-state index contributed by atoms with van der Waals surface area (Å²) in [5, 5.41) is 0. The van der Waals surface area contributed by atoms with Crippen LogP contribution >= 0.6 is 0 Å². The normalized spacial score (nSPS) is 30.1. The monoisotopic (exact) mass is 281 g/mol. The lowest BCUT2D eigenvalue weighted by atomic mass is 9.95. The highest BCUT2D eigenvalue weighted by Gasteiger charge is 2.72. The molecule has 0 aromatic heterocycles. The van der Waals surface area contributed by atoms with Gasteiger partial charge in [-0.05, 0) is 31.6 Å². The van der Waals surface area contributed by atoms with Crippen LogP contribution in [0.15, 0.2) is 0 Å². The van der Waals surface area contributed by atoms with E-state index in [2.05, 4.69) is 0 Å². The maximum Gasteiger partial charge on any atom is 0.237 e. The molecule has 20 heavy (non-hydrogen) atoms. The lowest BCUT2D eigenvalue weighted by Crippen LogP contribution is -2.49. The quantitative estimate of drug-likeness (QED) is 0.528. The summed E-state index contributed by atoms with van der Waals surface area (Å²) in [5.41, 5.74) is 9.76. The minimum atomic E-state index is -1.02. The largest absolute Gasteiger partial charge is 0.368 e. The van der Waals surface area contributed by atoms with Crippen LogP contribution in [0.2, 0.25) is 0 Å². The minimum Gasteiger partial charge on any atom is -0.368 e. The van der Waals surface area contributed by atoms with Crippen molar-refractivity contribution in [2.75, 3.05) is 6.54 Å². The number of fused-ring (bicyclic) bond motifs is 1. The summed E-state index contributed by atoms with van der Waals surface area (Å²) in [5.74, 6) is -0.875. The Kier molecular flexibility index (Phi) is 3.40. The summed E-state index contributed by atoms with van der Waals surface area (Å²) in [6.07, 6.45) is 1.76. The average molecular weight is 281 g/mol. The number of rotatable bonds is 6. The van der Waals surface area contributed by atoms with E-state index in [0.29, 0.717) is 25.8 Å². The van der Waals surface area contributed by atoms with Gasteiger partial charge in [-0.15, -0.1) is 0 Å². The second-order valence-corrected chi connectivity index (χ2v) is 6.84. The summed E-state index contributed by atoms with van der Waals surface area (Å²) in [4.78, 5) is 36.6. The Hall–Kier alpha value is -1.43. The molecule has 0 radical (unpaired) electrons. The number of hydrogen-bond acceptors (Lipinski definition) is 4. The van der Waals surface area contributed by atoms with Gasteiger partial charge in [-0.25, -0.2) is 0 Å². The van der Waals surface area contributed by atoms with Crippen molar-refractivity contribution in [3.8, 4) is 0 Å². The van der Waals surface area contributed by atoms with Crippen LogP contribution in [-0.2, 0) is 14.4 Å². The predicted molar refractivity (Wildman–Crippen MR) is 73.1 cm³/mol. The third-order valence-corrected chi connectivity index (χ3v) is 4.78. The molecular formula is C14H23N3O3. The number of nitrogens with zero attached hydrogens (tertiary/aromatic N) is 1. The van der Waals surface area contributed by atoms with Crippen LogP contribution < -0.4 is 11.5 Å². The van der Waals surface area contributed by atoms with Crippen molar-refractivity contribution >= 4 is 17.7 Å². The van der Waals surface area contributed by atoms with Crippen LogP contribution in [0.25, 0.3) is 0 Å². The first-order valence-electron chi connectivity index (χ1n) is 7.04. The third-order valence-electron chi connectivity index (χ3n) is 4.78. The molecule has 6 nitrogen and oxygen atoms in total. The fourth-order valence-corrected chi connectivity index (χ4v) is 3.11. The molecule has 112 valence electrons. The number of piperidine rings is 1. The van der Waals surface area contributed by atoms with Gasteiger partial charge in [0.05, 0.1) is 17.4 Å². The molecule has 3 amide bonds. The van der Waals surface area contributed by atoms with Crippen molar-refractivity contribution in [3.63, 3.8) is 0 Å². The molecular weight excluding hydrogens is 258 g/mol. The first kappa shape index (κ1) is 15.0. The van der Waals surface area contributed by atoms with Gasteiger partial charge in [0.15, 0.2) is 0 Å². The molecule has 0 bridgehead atoms. The van der Waals surface area contributed by atoms with E-state index in [9.17, 15) is 14.4 Å². The zero-order valence-corrected chi connectivity index (χ0v) is 12.3. The number of likely N-dealkylation sites (tertiary alicyclic amines) is 1. The number of carbonyl (C=O) groups is 3. The highest BCUT2D eigenvalue weighted by molar-refractivity contribution is 6.10. The average Bonchev–Trinajstić information content (AvgIpc) is 2.79. The summed E-state index contributed by atoms with van der Waals surface area (Å²) < 4.78 is 0. The molecule has 3 unspecified atom stereocenters.